The molecule has 21 heavy (non-hydrogen) atoms. The Morgan fingerprint density at radius 1 is 1.00 bits per heavy atom. The van der Waals surface area contributed by atoms with Gasteiger partial charge < -0.3 is 4.74 Å². The molecule has 0 aromatic heterocycles. The van der Waals surface area contributed by atoms with E-state index < -0.39 is 0 Å². The fraction of sp³-hybridized carbons (Fsp3) is 0.105. The number of hydrogen-bond donors (Lipinski definition) is 0. The topological polar surface area (TPSA) is 26.3 Å². The van der Waals surface area contributed by atoms with E-state index in [1.165, 1.54) is 5.56 Å². The maximum Gasteiger partial charge on any atom is 0.192 e. The molecule has 0 saturated heterocycles. The predicted octanol–water partition coefficient (Wildman–Crippen LogP) is 5.10. The molecule has 106 valence electrons. The maximum atomic E-state index is 12.1. The lowest BCUT2D eigenvalue weighted by Crippen LogP contribution is -2.00. The number of carbonyl (C=O) groups excluding carboxylic acids is 1. The highest BCUT2D eigenvalue weighted by molar-refractivity contribution is 6.10. The van der Waals surface area contributed by atoms with Gasteiger partial charge in [-0.25, -0.2) is 0 Å². The van der Waals surface area contributed by atoms with Gasteiger partial charge in [0, 0.05) is 11.1 Å². The molecular weight excluding hydrogens is 260 g/mol. The minimum Gasteiger partial charge on any atom is -0.457 e. The van der Waals surface area contributed by atoms with E-state index in [0.717, 1.165) is 5.75 Å². The number of allylic oxidation sites excluding steroid dienone is 3. The number of rotatable bonds is 5. The van der Waals surface area contributed by atoms with Crippen molar-refractivity contribution in [2.75, 3.05) is 0 Å². The van der Waals surface area contributed by atoms with Gasteiger partial charge in [-0.2, -0.15) is 0 Å². The highest BCUT2D eigenvalue weighted by atomic mass is 16.5. The summed E-state index contributed by atoms with van der Waals surface area (Å²) in [6.45, 7) is 7.50. The van der Waals surface area contributed by atoms with E-state index in [4.69, 9.17) is 4.74 Å². The maximum absolute atomic E-state index is 12.1. The Morgan fingerprint density at radius 2 is 1.52 bits per heavy atom. The van der Waals surface area contributed by atoms with Crippen molar-refractivity contribution in [3.63, 3.8) is 0 Å². The fourth-order valence-corrected chi connectivity index (χ4v) is 1.93. The van der Waals surface area contributed by atoms with Crippen molar-refractivity contribution in [2.45, 2.75) is 13.8 Å². The third kappa shape index (κ3) is 3.69. The van der Waals surface area contributed by atoms with Crippen molar-refractivity contribution >= 4 is 5.78 Å². The summed E-state index contributed by atoms with van der Waals surface area (Å²) in [6.07, 6.45) is 3.32. The largest absolute Gasteiger partial charge is 0.457 e. The summed E-state index contributed by atoms with van der Waals surface area (Å²) in [7, 11) is 0. The highest BCUT2D eigenvalue weighted by Gasteiger charge is 2.08. The van der Waals surface area contributed by atoms with Crippen LogP contribution >= 0.6 is 0 Å². The normalized spacial score (nSPS) is 11.0. The first kappa shape index (κ1) is 14.8. The molecule has 0 atom stereocenters. The van der Waals surface area contributed by atoms with Crippen molar-refractivity contribution in [1.29, 1.82) is 0 Å². The van der Waals surface area contributed by atoms with Crippen molar-refractivity contribution in [3.8, 4) is 11.5 Å². The number of benzene rings is 2. The number of ketones is 1. The van der Waals surface area contributed by atoms with Crippen LogP contribution in [0.25, 0.3) is 0 Å². The number of aryl methyl sites for hydroxylation is 1. The Labute approximate surface area is 125 Å². The molecule has 0 aliphatic heterocycles. The van der Waals surface area contributed by atoms with Crippen molar-refractivity contribution < 1.29 is 9.53 Å². The number of carbonyl (C=O) groups is 1. The van der Waals surface area contributed by atoms with E-state index in [9.17, 15) is 4.79 Å². The summed E-state index contributed by atoms with van der Waals surface area (Å²) >= 11 is 0. The van der Waals surface area contributed by atoms with Crippen molar-refractivity contribution in [2.24, 2.45) is 0 Å². The molecule has 2 nitrogen and oxygen atoms in total. The highest BCUT2D eigenvalue weighted by Crippen LogP contribution is 2.22. The molecule has 2 aromatic rings. The van der Waals surface area contributed by atoms with Crippen LogP contribution in [-0.2, 0) is 0 Å². The Balaban J connectivity index is 2.14. The molecule has 0 radical (unpaired) electrons. The minimum atomic E-state index is -0.0330. The molecule has 0 aliphatic carbocycles. The van der Waals surface area contributed by atoms with Crippen LogP contribution in [0, 0.1) is 6.92 Å². The summed E-state index contributed by atoms with van der Waals surface area (Å²) < 4.78 is 5.74. The number of Topliss-reactive ketones (excluding diaryl/α,β-unsaturated/α-hetero) is 1. The molecule has 2 aromatic carbocycles. The van der Waals surface area contributed by atoms with E-state index in [1.807, 2.05) is 38.1 Å². The average molecular weight is 278 g/mol. The van der Waals surface area contributed by atoms with Crippen LogP contribution < -0.4 is 4.74 Å². The van der Waals surface area contributed by atoms with E-state index in [1.54, 1.807) is 36.4 Å². The zero-order valence-corrected chi connectivity index (χ0v) is 12.3. The van der Waals surface area contributed by atoms with Crippen LogP contribution in [0.1, 0.15) is 22.8 Å². The first-order valence-electron chi connectivity index (χ1n) is 6.82. The lowest BCUT2D eigenvalue weighted by molar-refractivity contribution is 0.103. The van der Waals surface area contributed by atoms with E-state index in [2.05, 4.69) is 6.58 Å². The number of hydrogen-bond acceptors (Lipinski definition) is 2. The molecule has 0 saturated carbocycles. The first-order chi connectivity index (χ1) is 10.1. The zero-order valence-electron chi connectivity index (χ0n) is 12.3. The fourth-order valence-electron chi connectivity index (χ4n) is 1.93. The third-order valence-electron chi connectivity index (χ3n) is 3.17. The molecule has 0 unspecified atom stereocenters. The number of ether oxygens (including phenoxy) is 1. The summed E-state index contributed by atoms with van der Waals surface area (Å²) in [4.78, 5) is 12.1. The Kier molecular flexibility index (Phi) is 4.72. The molecule has 0 aliphatic rings. The van der Waals surface area contributed by atoms with Gasteiger partial charge in [-0.3, -0.25) is 4.79 Å². The molecule has 2 heteroatoms. The minimum absolute atomic E-state index is 0.0330. The van der Waals surface area contributed by atoms with Gasteiger partial charge in [-0.05, 0) is 50.2 Å². The standard InChI is InChI=1S/C19H18O2/c1-4-15(5-2)19(20)16-8-12-18(13-9-16)21-17-10-6-14(3)7-11-17/h4-13H,1H2,2-3H3/b15-5+. The molecule has 2 rings (SSSR count). The molecule has 0 amide bonds. The van der Waals surface area contributed by atoms with Crippen LogP contribution in [0.15, 0.2) is 72.8 Å². The van der Waals surface area contributed by atoms with Gasteiger partial charge in [0.2, 0.25) is 0 Å². The molecule has 0 fully saturated rings. The van der Waals surface area contributed by atoms with Gasteiger partial charge in [-0.15, -0.1) is 0 Å². The van der Waals surface area contributed by atoms with Gasteiger partial charge in [0.25, 0.3) is 0 Å². The molecule has 0 spiro atoms. The van der Waals surface area contributed by atoms with Crippen LogP contribution in [-0.4, -0.2) is 5.78 Å². The Hall–Kier alpha value is -2.61. The molecule has 0 N–H and O–H groups in total. The van der Waals surface area contributed by atoms with Gasteiger partial charge in [0.05, 0.1) is 0 Å². The molecule has 0 bridgehead atoms. The van der Waals surface area contributed by atoms with Gasteiger partial charge in [-0.1, -0.05) is 36.4 Å². The molecule has 0 heterocycles. The summed E-state index contributed by atoms with van der Waals surface area (Å²) in [5, 5.41) is 0. The van der Waals surface area contributed by atoms with Crippen LogP contribution in [0.2, 0.25) is 0 Å². The Morgan fingerprint density at radius 3 is 2.00 bits per heavy atom. The predicted molar refractivity (Wildman–Crippen MR) is 86.0 cm³/mol. The van der Waals surface area contributed by atoms with Crippen LogP contribution in [0.4, 0.5) is 0 Å². The summed E-state index contributed by atoms with van der Waals surface area (Å²) in [6, 6.07) is 14.9. The van der Waals surface area contributed by atoms with Crippen LogP contribution in [0.5, 0.6) is 11.5 Å². The summed E-state index contributed by atoms with van der Waals surface area (Å²) in [5.74, 6) is 1.45. The second-order valence-corrected chi connectivity index (χ2v) is 4.72. The smallest absolute Gasteiger partial charge is 0.192 e. The van der Waals surface area contributed by atoms with Crippen molar-refractivity contribution in [1.82, 2.24) is 0 Å². The van der Waals surface area contributed by atoms with E-state index in [-0.39, 0.29) is 5.78 Å². The van der Waals surface area contributed by atoms with Crippen LogP contribution in [0.3, 0.4) is 0 Å². The lowest BCUT2D eigenvalue weighted by Gasteiger charge is -2.07. The monoisotopic (exact) mass is 278 g/mol. The third-order valence-corrected chi connectivity index (χ3v) is 3.17. The van der Waals surface area contributed by atoms with E-state index >= 15 is 0 Å². The first-order valence-corrected chi connectivity index (χ1v) is 6.82. The van der Waals surface area contributed by atoms with Crippen molar-refractivity contribution in [3.05, 3.63) is 84.0 Å². The quantitative estimate of drug-likeness (QED) is 0.432. The van der Waals surface area contributed by atoms with E-state index in [0.29, 0.717) is 16.9 Å². The summed E-state index contributed by atoms with van der Waals surface area (Å²) in [5.41, 5.74) is 2.41. The zero-order chi connectivity index (χ0) is 15.2. The second kappa shape index (κ2) is 6.71. The lowest BCUT2D eigenvalue weighted by atomic mass is 10.0. The molecular formula is C19H18O2. The second-order valence-electron chi connectivity index (χ2n) is 4.72. The van der Waals surface area contributed by atoms with Gasteiger partial charge in [0.15, 0.2) is 5.78 Å². The Bertz CT molecular complexity index is 662. The van der Waals surface area contributed by atoms with Gasteiger partial charge in [0.1, 0.15) is 11.5 Å². The van der Waals surface area contributed by atoms with Gasteiger partial charge >= 0.3 is 0 Å². The average Bonchev–Trinajstić information content (AvgIpc) is 2.51. The SMILES string of the molecule is C=C/C(=C\C)C(=O)c1ccc(Oc2ccc(C)cc2)cc1.